The van der Waals surface area contributed by atoms with Gasteiger partial charge >= 0.3 is 0 Å². The first-order valence-corrected chi connectivity index (χ1v) is 6.34. The molecule has 5 heteroatoms. The van der Waals surface area contributed by atoms with E-state index < -0.39 is 0 Å². The van der Waals surface area contributed by atoms with Crippen molar-refractivity contribution >= 4 is 12.4 Å². The molecule has 1 saturated heterocycles. The summed E-state index contributed by atoms with van der Waals surface area (Å²) in [6, 6.07) is 0.656. The average Bonchev–Trinajstić information content (AvgIpc) is 2.81. The lowest BCUT2D eigenvalue weighted by molar-refractivity contribution is 0.314. The minimum atomic E-state index is 0. The van der Waals surface area contributed by atoms with E-state index in [1.54, 1.807) is 0 Å². The lowest BCUT2D eigenvalue weighted by atomic mass is 10.2. The molecule has 0 amide bonds. The fourth-order valence-electron chi connectivity index (χ4n) is 2.47. The molecule has 0 radical (unpaired) electrons. The highest BCUT2D eigenvalue weighted by Gasteiger charge is 2.28. The molecule has 2 fully saturated rings. The topological polar surface area (TPSA) is 44.0 Å². The van der Waals surface area contributed by atoms with Crippen LogP contribution in [0, 0.1) is 5.92 Å². The minimum Gasteiger partial charge on any atom is -0.348 e. The third-order valence-corrected chi connectivity index (χ3v) is 3.60. The van der Waals surface area contributed by atoms with Gasteiger partial charge in [-0.05, 0) is 31.7 Å². The first kappa shape index (κ1) is 12.9. The van der Waals surface area contributed by atoms with Crippen LogP contribution in [0.3, 0.4) is 0 Å². The van der Waals surface area contributed by atoms with Gasteiger partial charge in [-0.1, -0.05) is 0 Å². The predicted molar refractivity (Wildman–Crippen MR) is 70.2 cm³/mol. The Balaban J connectivity index is 0.00000108. The van der Waals surface area contributed by atoms with E-state index in [0.717, 1.165) is 18.3 Å². The van der Waals surface area contributed by atoms with Crippen LogP contribution in [0.4, 0.5) is 0 Å². The van der Waals surface area contributed by atoms with Gasteiger partial charge in [-0.15, -0.1) is 12.4 Å². The van der Waals surface area contributed by atoms with Crippen LogP contribution in [-0.2, 0) is 6.54 Å². The molecule has 4 nitrogen and oxygen atoms in total. The number of aromatic nitrogens is 2. The molecule has 1 atom stereocenters. The van der Waals surface area contributed by atoms with Gasteiger partial charge in [0.2, 0.25) is 0 Å². The lowest BCUT2D eigenvalue weighted by Gasteiger charge is -2.15. The number of halogens is 1. The molecule has 1 aliphatic heterocycles. The molecule has 1 aliphatic carbocycles. The van der Waals surface area contributed by atoms with Crippen molar-refractivity contribution in [3.05, 3.63) is 18.2 Å². The fourth-order valence-corrected chi connectivity index (χ4v) is 2.47. The Morgan fingerprint density at radius 3 is 3.00 bits per heavy atom. The molecular weight excluding hydrogens is 236 g/mol. The monoisotopic (exact) mass is 256 g/mol. The summed E-state index contributed by atoms with van der Waals surface area (Å²) in [5.41, 5.74) is 0. The molecule has 17 heavy (non-hydrogen) atoms. The predicted octanol–water partition coefficient (Wildman–Crippen LogP) is 1.41. The number of imidazole rings is 1. The molecular formula is C12H21ClN4. The van der Waals surface area contributed by atoms with E-state index in [9.17, 15) is 0 Å². The maximum absolute atomic E-state index is 4.22. The van der Waals surface area contributed by atoms with Crippen molar-refractivity contribution in [2.75, 3.05) is 19.6 Å². The molecule has 0 aromatic carbocycles. The third kappa shape index (κ3) is 3.69. The smallest absolute Gasteiger partial charge is 0.120 e. The van der Waals surface area contributed by atoms with Crippen molar-refractivity contribution in [3.63, 3.8) is 0 Å². The van der Waals surface area contributed by atoms with Crippen LogP contribution in [-0.4, -0.2) is 40.5 Å². The summed E-state index contributed by atoms with van der Waals surface area (Å²) in [4.78, 5) is 9.96. The number of nitrogens with one attached hydrogen (secondary N) is 2. The van der Waals surface area contributed by atoms with Crippen molar-refractivity contribution in [2.45, 2.75) is 31.8 Å². The van der Waals surface area contributed by atoms with Gasteiger partial charge in [0.25, 0.3) is 0 Å². The molecule has 1 aromatic rings. The summed E-state index contributed by atoms with van der Waals surface area (Å²) in [7, 11) is 0. The van der Waals surface area contributed by atoms with Crippen molar-refractivity contribution in [1.82, 2.24) is 20.2 Å². The Morgan fingerprint density at radius 1 is 1.41 bits per heavy atom. The largest absolute Gasteiger partial charge is 0.348 e. The zero-order valence-corrected chi connectivity index (χ0v) is 10.9. The second kappa shape index (κ2) is 5.85. The molecule has 1 saturated carbocycles. The highest BCUT2D eigenvalue weighted by atomic mass is 35.5. The molecule has 0 spiro atoms. The van der Waals surface area contributed by atoms with E-state index in [-0.39, 0.29) is 12.4 Å². The van der Waals surface area contributed by atoms with Gasteiger partial charge in [0.05, 0.1) is 6.54 Å². The van der Waals surface area contributed by atoms with Gasteiger partial charge in [-0.25, -0.2) is 4.98 Å². The zero-order chi connectivity index (χ0) is 10.8. The molecule has 1 unspecified atom stereocenters. The Bertz CT molecular complexity index is 323. The maximum Gasteiger partial charge on any atom is 0.120 e. The zero-order valence-electron chi connectivity index (χ0n) is 10.1. The maximum atomic E-state index is 4.22. The summed E-state index contributed by atoms with van der Waals surface area (Å²) < 4.78 is 0. The molecule has 1 aromatic heterocycles. The summed E-state index contributed by atoms with van der Waals surface area (Å²) >= 11 is 0. The summed E-state index contributed by atoms with van der Waals surface area (Å²) in [5, 5.41) is 3.57. The summed E-state index contributed by atoms with van der Waals surface area (Å²) in [5.74, 6) is 2.06. The van der Waals surface area contributed by atoms with E-state index in [1.807, 2.05) is 12.4 Å². The lowest BCUT2D eigenvalue weighted by Crippen LogP contribution is -2.33. The molecule has 2 heterocycles. The average molecular weight is 257 g/mol. The molecule has 0 bridgehead atoms. The molecule has 96 valence electrons. The standard InChI is InChI=1S/C12H20N4.ClH/c1-2-10(1)8-16-6-3-11(9-16)15-7-12-13-4-5-14-12;/h4-5,10-11,15H,1-3,6-9H2,(H,13,14);1H. The van der Waals surface area contributed by atoms with E-state index >= 15 is 0 Å². The van der Waals surface area contributed by atoms with Gasteiger partial charge in [0, 0.05) is 31.5 Å². The molecule has 2 aliphatic rings. The summed E-state index contributed by atoms with van der Waals surface area (Å²) in [6.45, 7) is 4.69. The van der Waals surface area contributed by atoms with E-state index in [1.165, 1.54) is 38.9 Å². The van der Waals surface area contributed by atoms with Gasteiger partial charge in [0.15, 0.2) is 0 Å². The van der Waals surface area contributed by atoms with Crippen LogP contribution < -0.4 is 5.32 Å². The van der Waals surface area contributed by atoms with Crippen molar-refractivity contribution in [3.8, 4) is 0 Å². The first-order valence-electron chi connectivity index (χ1n) is 6.34. The molecule has 3 rings (SSSR count). The fraction of sp³-hybridized carbons (Fsp3) is 0.750. The van der Waals surface area contributed by atoms with Crippen LogP contribution in [0.1, 0.15) is 25.1 Å². The first-order chi connectivity index (χ1) is 7.90. The number of likely N-dealkylation sites (tertiary alicyclic amines) is 1. The Hall–Kier alpha value is -0.580. The van der Waals surface area contributed by atoms with Gasteiger partial charge in [-0.2, -0.15) is 0 Å². The number of rotatable bonds is 5. The van der Waals surface area contributed by atoms with Crippen molar-refractivity contribution < 1.29 is 0 Å². The van der Waals surface area contributed by atoms with Crippen LogP contribution in [0.5, 0.6) is 0 Å². The van der Waals surface area contributed by atoms with Crippen LogP contribution >= 0.6 is 12.4 Å². The van der Waals surface area contributed by atoms with Crippen molar-refractivity contribution in [1.29, 1.82) is 0 Å². The highest BCUT2D eigenvalue weighted by Crippen LogP contribution is 2.30. The van der Waals surface area contributed by atoms with E-state index in [0.29, 0.717) is 6.04 Å². The second-order valence-corrected chi connectivity index (χ2v) is 5.11. The second-order valence-electron chi connectivity index (χ2n) is 5.11. The minimum absolute atomic E-state index is 0. The van der Waals surface area contributed by atoms with Gasteiger partial charge in [-0.3, -0.25) is 0 Å². The Labute approximate surface area is 109 Å². The van der Waals surface area contributed by atoms with E-state index in [4.69, 9.17) is 0 Å². The van der Waals surface area contributed by atoms with Gasteiger partial charge < -0.3 is 15.2 Å². The van der Waals surface area contributed by atoms with Crippen molar-refractivity contribution in [2.24, 2.45) is 5.92 Å². The van der Waals surface area contributed by atoms with Crippen LogP contribution in [0.25, 0.3) is 0 Å². The normalized spacial score (nSPS) is 24.8. The van der Waals surface area contributed by atoms with Crippen LogP contribution in [0.2, 0.25) is 0 Å². The Morgan fingerprint density at radius 2 is 2.29 bits per heavy atom. The van der Waals surface area contributed by atoms with Gasteiger partial charge in [0.1, 0.15) is 5.82 Å². The third-order valence-electron chi connectivity index (χ3n) is 3.60. The number of H-pyrrole nitrogens is 1. The Kier molecular flexibility index (Phi) is 4.42. The number of hydrogen-bond donors (Lipinski definition) is 2. The SMILES string of the molecule is Cl.c1c[nH]c(CNC2CCN(CC3CC3)C2)n1. The number of nitrogens with zero attached hydrogens (tertiary/aromatic N) is 2. The number of hydrogen-bond acceptors (Lipinski definition) is 3. The molecule has 2 N–H and O–H groups in total. The summed E-state index contributed by atoms with van der Waals surface area (Å²) in [6.07, 6.45) is 7.89. The quantitative estimate of drug-likeness (QED) is 0.837. The van der Waals surface area contributed by atoms with Crippen LogP contribution in [0.15, 0.2) is 12.4 Å². The van der Waals surface area contributed by atoms with E-state index in [2.05, 4.69) is 20.2 Å². The number of aromatic amines is 1. The highest BCUT2D eigenvalue weighted by molar-refractivity contribution is 5.85.